The quantitative estimate of drug-likeness (QED) is 0.658. The summed E-state index contributed by atoms with van der Waals surface area (Å²) in [7, 11) is 0. The van der Waals surface area contributed by atoms with Gasteiger partial charge >= 0.3 is 0 Å². The van der Waals surface area contributed by atoms with Gasteiger partial charge in [0.1, 0.15) is 11.5 Å². The molecule has 0 spiro atoms. The van der Waals surface area contributed by atoms with Gasteiger partial charge in [-0.05, 0) is 44.4 Å². The monoisotopic (exact) mass is 396 g/mol. The second-order valence-corrected chi connectivity index (χ2v) is 7.75. The van der Waals surface area contributed by atoms with Crippen LogP contribution in [0.4, 0.5) is 4.39 Å². The fourth-order valence-corrected chi connectivity index (χ4v) is 3.64. The molecule has 2 aliphatic rings. The van der Waals surface area contributed by atoms with E-state index in [1.54, 1.807) is 22.4 Å². The van der Waals surface area contributed by atoms with Crippen LogP contribution in [0.5, 0.6) is 5.88 Å². The number of aromatic nitrogens is 5. The maximum absolute atomic E-state index is 13.4. The first-order chi connectivity index (χ1) is 14.1. The molecule has 150 valence electrons. The van der Waals surface area contributed by atoms with Gasteiger partial charge < -0.3 is 9.64 Å². The molecule has 5 rings (SSSR count). The first kappa shape index (κ1) is 18.0. The van der Waals surface area contributed by atoms with Crippen LogP contribution in [-0.4, -0.2) is 55.3 Å². The van der Waals surface area contributed by atoms with Gasteiger partial charge in [-0.15, -0.1) is 15.3 Å². The van der Waals surface area contributed by atoms with E-state index in [1.165, 1.54) is 12.1 Å². The van der Waals surface area contributed by atoms with Gasteiger partial charge in [0, 0.05) is 31.0 Å². The topological polar surface area (TPSA) is 85.5 Å². The van der Waals surface area contributed by atoms with Crippen molar-refractivity contribution in [2.45, 2.75) is 32.1 Å². The zero-order valence-corrected chi connectivity index (χ0v) is 16.1. The van der Waals surface area contributed by atoms with Crippen LogP contribution in [0.15, 0.2) is 24.3 Å². The van der Waals surface area contributed by atoms with E-state index < -0.39 is 5.82 Å². The van der Waals surface area contributed by atoms with Crippen LogP contribution in [0, 0.1) is 18.7 Å². The van der Waals surface area contributed by atoms with Gasteiger partial charge in [-0.3, -0.25) is 4.79 Å². The van der Waals surface area contributed by atoms with Crippen molar-refractivity contribution in [3.05, 3.63) is 47.3 Å². The standard InChI is InChI=1S/C20H21FN6O2/c1-12-15(21)4-5-16(22-12)20(28)26-9-8-13(10-26)11-29-18-7-6-17-23-24-19(14-2-3-14)27(17)25-18/h4-7,13-14H,2-3,8-11H2,1H3. The Labute approximate surface area is 166 Å². The molecule has 1 saturated carbocycles. The zero-order valence-electron chi connectivity index (χ0n) is 16.1. The lowest BCUT2D eigenvalue weighted by Gasteiger charge is -2.16. The second-order valence-electron chi connectivity index (χ2n) is 7.75. The van der Waals surface area contributed by atoms with E-state index in [2.05, 4.69) is 20.3 Å². The predicted octanol–water partition coefficient (Wildman–Crippen LogP) is 2.39. The van der Waals surface area contributed by atoms with E-state index in [-0.39, 0.29) is 23.2 Å². The number of pyridine rings is 1. The Morgan fingerprint density at radius 1 is 1.21 bits per heavy atom. The van der Waals surface area contributed by atoms with E-state index >= 15 is 0 Å². The van der Waals surface area contributed by atoms with Gasteiger partial charge in [-0.2, -0.15) is 4.52 Å². The Morgan fingerprint density at radius 2 is 2.07 bits per heavy atom. The number of hydrogen-bond donors (Lipinski definition) is 0. The van der Waals surface area contributed by atoms with Gasteiger partial charge in [-0.1, -0.05) is 0 Å². The Bertz CT molecular complexity index is 1080. The molecule has 1 saturated heterocycles. The van der Waals surface area contributed by atoms with Crippen molar-refractivity contribution in [3.63, 3.8) is 0 Å². The van der Waals surface area contributed by atoms with Crippen LogP contribution in [0.2, 0.25) is 0 Å². The lowest BCUT2D eigenvalue weighted by Crippen LogP contribution is -2.30. The van der Waals surface area contributed by atoms with E-state index in [9.17, 15) is 9.18 Å². The first-order valence-electron chi connectivity index (χ1n) is 9.86. The van der Waals surface area contributed by atoms with Crippen molar-refractivity contribution in [1.29, 1.82) is 0 Å². The summed E-state index contributed by atoms with van der Waals surface area (Å²) in [6, 6.07) is 6.37. The minimum absolute atomic E-state index is 0.172. The molecule has 9 heteroatoms. The number of likely N-dealkylation sites (tertiary alicyclic amines) is 1. The lowest BCUT2D eigenvalue weighted by molar-refractivity contribution is 0.0776. The third kappa shape index (κ3) is 3.52. The molecule has 0 radical (unpaired) electrons. The molecule has 1 unspecified atom stereocenters. The number of ether oxygens (including phenoxy) is 1. The zero-order chi connectivity index (χ0) is 20.0. The molecule has 1 atom stereocenters. The summed E-state index contributed by atoms with van der Waals surface area (Å²) in [5, 5.41) is 12.9. The third-order valence-electron chi connectivity index (χ3n) is 5.49. The summed E-state index contributed by atoms with van der Waals surface area (Å²) in [5.74, 6) is 1.50. The number of nitrogens with zero attached hydrogens (tertiary/aromatic N) is 6. The molecular formula is C20H21FN6O2. The number of fused-ring (bicyclic) bond motifs is 1. The summed E-state index contributed by atoms with van der Waals surface area (Å²) < 4.78 is 21.1. The van der Waals surface area contributed by atoms with Crippen molar-refractivity contribution in [2.75, 3.05) is 19.7 Å². The Hall–Kier alpha value is -3.10. The predicted molar refractivity (Wildman–Crippen MR) is 101 cm³/mol. The number of carbonyl (C=O) groups excluding carboxylic acids is 1. The molecule has 1 aliphatic carbocycles. The molecular weight excluding hydrogens is 375 g/mol. The number of carbonyl (C=O) groups is 1. The Kier molecular flexibility index (Phi) is 4.37. The second kappa shape index (κ2) is 7.06. The highest BCUT2D eigenvalue weighted by atomic mass is 19.1. The van der Waals surface area contributed by atoms with Gasteiger partial charge in [0.05, 0.1) is 12.3 Å². The minimum atomic E-state index is -0.406. The van der Waals surface area contributed by atoms with Crippen molar-refractivity contribution >= 4 is 11.6 Å². The summed E-state index contributed by atoms with van der Waals surface area (Å²) in [4.78, 5) is 18.4. The highest BCUT2D eigenvalue weighted by Gasteiger charge is 2.30. The van der Waals surface area contributed by atoms with Crippen LogP contribution >= 0.6 is 0 Å². The molecule has 0 aromatic carbocycles. The van der Waals surface area contributed by atoms with E-state index in [0.717, 1.165) is 30.7 Å². The molecule has 29 heavy (non-hydrogen) atoms. The smallest absolute Gasteiger partial charge is 0.272 e. The molecule has 0 bridgehead atoms. The van der Waals surface area contributed by atoms with Gasteiger partial charge in [0.15, 0.2) is 11.5 Å². The van der Waals surface area contributed by atoms with E-state index in [1.807, 2.05) is 6.07 Å². The highest BCUT2D eigenvalue weighted by molar-refractivity contribution is 5.92. The van der Waals surface area contributed by atoms with E-state index in [0.29, 0.717) is 31.5 Å². The van der Waals surface area contributed by atoms with Crippen molar-refractivity contribution in [1.82, 2.24) is 29.7 Å². The molecule has 1 aliphatic heterocycles. The Morgan fingerprint density at radius 3 is 2.86 bits per heavy atom. The number of halogens is 1. The summed E-state index contributed by atoms with van der Waals surface area (Å²) in [6.45, 7) is 3.24. The Balaban J connectivity index is 1.21. The fourth-order valence-electron chi connectivity index (χ4n) is 3.64. The molecule has 3 aromatic rings. The average molecular weight is 396 g/mol. The van der Waals surface area contributed by atoms with Crippen LogP contribution in [0.3, 0.4) is 0 Å². The van der Waals surface area contributed by atoms with Crippen LogP contribution in [-0.2, 0) is 0 Å². The largest absolute Gasteiger partial charge is 0.476 e. The number of amides is 1. The SMILES string of the molecule is Cc1nc(C(=O)N2CCC(COc3ccc4nnc(C5CC5)n4n3)C2)ccc1F. The number of aryl methyl sites for hydroxylation is 1. The van der Waals surface area contributed by atoms with Crippen molar-refractivity contribution in [2.24, 2.45) is 5.92 Å². The van der Waals surface area contributed by atoms with Gasteiger partial charge in [0.2, 0.25) is 5.88 Å². The minimum Gasteiger partial charge on any atom is -0.476 e. The molecule has 8 nitrogen and oxygen atoms in total. The van der Waals surface area contributed by atoms with Gasteiger partial charge in [-0.25, -0.2) is 9.37 Å². The first-order valence-corrected chi connectivity index (χ1v) is 9.86. The normalized spacial score (nSPS) is 19.1. The van der Waals surface area contributed by atoms with Gasteiger partial charge in [0.25, 0.3) is 5.91 Å². The lowest BCUT2D eigenvalue weighted by atomic mass is 10.1. The van der Waals surface area contributed by atoms with Crippen LogP contribution in [0.1, 0.15) is 47.2 Å². The molecule has 0 N–H and O–H groups in total. The maximum atomic E-state index is 13.4. The van der Waals surface area contributed by atoms with E-state index in [4.69, 9.17) is 4.74 Å². The summed E-state index contributed by atoms with van der Waals surface area (Å²) in [6.07, 6.45) is 3.10. The molecule has 1 amide bonds. The van der Waals surface area contributed by atoms with Crippen molar-refractivity contribution in [3.8, 4) is 5.88 Å². The molecule has 2 fully saturated rings. The molecule has 3 aromatic heterocycles. The number of hydrogen-bond acceptors (Lipinski definition) is 6. The third-order valence-corrected chi connectivity index (χ3v) is 5.49. The highest BCUT2D eigenvalue weighted by Crippen LogP contribution is 2.38. The summed E-state index contributed by atoms with van der Waals surface area (Å²) in [5.41, 5.74) is 1.23. The average Bonchev–Trinajstić information content (AvgIpc) is 3.31. The molecule has 4 heterocycles. The van der Waals surface area contributed by atoms with Crippen LogP contribution < -0.4 is 4.74 Å². The number of rotatable bonds is 5. The fraction of sp³-hybridized carbons (Fsp3) is 0.450. The van der Waals surface area contributed by atoms with Crippen molar-refractivity contribution < 1.29 is 13.9 Å². The maximum Gasteiger partial charge on any atom is 0.272 e. The van der Waals surface area contributed by atoms with Crippen LogP contribution in [0.25, 0.3) is 5.65 Å². The summed E-state index contributed by atoms with van der Waals surface area (Å²) >= 11 is 0.